The minimum Gasteiger partial charge on any atom is -0.494 e. The maximum Gasteiger partial charge on any atom is 0.409 e. The molecule has 0 radical (unpaired) electrons. The summed E-state index contributed by atoms with van der Waals surface area (Å²) in [6, 6.07) is 8.03. The number of hydrogen-bond donors (Lipinski definition) is 1. The molecule has 1 aliphatic heterocycles. The Morgan fingerprint density at radius 3 is 2.46 bits per heavy atom. The highest BCUT2D eigenvalue weighted by molar-refractivity contribution is 5.85. The van der Waals surface area contributed by atoms with Crippen LogP contribution in [0.2, 0.25) is 0 Å². The summed E-state index contributed by atoms with van der Waals surface area (Å²) in [5, 5.41) is 2.50. The van der Waals surface area contributed by atoms with E-state index in [9.17, 15) is 18.0 Å². The second-order valence-corrected chi connectivity index (χ2v) is 7.04. The minimum atomic E-state index is -4.54. The number of nitrogens with one attached hydrogen (secondary N) is 1. The third kappa shape index (κ3) is 3.49. The largest absolute Gasteiger partial charge is 0.494 e. The fourth-order valence-corrected chi connectivity index (χ4v) is 3.37. The Hall–Kier alpha value is -2.28. The molecule has 2 aromatic carbocycles. The van der Waals surface area contributed by atoms with E-state index in [1.807, 2.05) is 13.0 Å². The highest BCUT2D eigenvalue weighted by atomic mass is 19.4. The Kier molecular flexibility index (Phi) is 4.60. The van der Waals surface area contributed by atoms with Gasteiger partial charge in [0.2, 0.25) is 5.91 Å². The van der Waals surface area contributed by atoms with E-state index in [4.69, 9.17) is 4.74 Å². The highest BCUT2D eigenvalue weighted by Crippen LogP contribution is 2.43. The Balaban J connectivity index is 2.08. The van der Waals surface area contributed by atoms with Gasteiger partial charge in [-0.05, 0) is 55.3 Å². The van der Waals surface area contributed by atoms with Crippen LogP contribution in [0.15, 0.2) is 36.4 Å². The maximum absolute atomic E-state index is 13.9. The van der Waals surface area contributed by atoms with Gasteiger partial charge in [-0.2, -0.15) is 18.2 Å². The summed E-state index contributed by atoms with van der Waals surface area (Å²) in [7, 11) is 0. The highest BCUT2D eigenvalue weighted by Gasteiger charge is 2.52. The van der Waals surface area contributed by atoms with E-state index >= 15 is 0 Å². The van der Waals surface area contributed by atoms with Crippen molar-refractivity contribution in [2.24, 2.45) is 0 Å². The summed E-state index contributed by atoms with van der Waals surface area (Å²) >= 11 is 0. The number of rotatable bonds is 4. The lowest BCUT2D eigenvalue weighted by molar-refractivity contribution is -0.203. The van der Waals surface area contributed by atoms with Crippen molar-refractivity contribution >= 4 is 16.7 Å². The molecule has 4 nitrogen and oxygen atoms in total. The Bertz CT molecular complexity index is 833. The lowest BCUT2D eigenvalue weighted by atomic mass is 9.95. The second-order valence-electron chi connectivity index (χ2n) is 7.04. The van der Waals surface area contributed by atoms with E-state index in [0.717, 1.165) is 10.4 Å². The number of fused-ring (bicyclic) bond motifs is 1. The first-order valence-corrected chi connectivity index (χ1v) is 8.44. The first-order chi connectivity index (χ1) is 12.1. The van der Waals surface area contributed by atoms with Crippen LogP contribution in [0.4, 0.5) is 13.2 Å². The quantitative estimate of drug-likeness (QED) is 0.874. The molecule has 1 unspecified atom stereocenters. The Labute approximate surface area is 149 Å². The van der Waals surface area contributed by atoms with Gasteiger partial charge in [0.25, 0.3) is 0 Å². The second kappa shape index (κ2) is 6.46. The number of alkyl halides is 3. The van der Waals surface area contributed by atoms with Crippen LogP contribution in [0.3, 0.4) is 0 Å². The molecule has 0 saturated carbocycles. The molecule has 7 heteroatoms. The van der Waals surface area contributed by atoms with Crippen molar-refractivity contribution in [1.29, 1.82) is 0 Å². The smallest absolute Gasteiger partial charge is 0.409 e. The third-order valence-electron chi connectivity index (χ3n) is 4.52. The molecule has 2 aromatic rings. The molecule has 0 aliphatic carbocycles. The molecule has 1 saturated heterocycles. The predicted octanol–water partition coefficient (Wildman–Crippen LogP) is 4.36. The van der Waals surface area contributed by atoms with E-state index in [0.29, 0.717) is 17.7 Å². The van der Waals surface area contributed by atoms with E-state index in [1.165, 1.54) is 12.1 Å². The number of ether oxygens (including phenoxy) is 1. The fraction of sp³-hybridized carbons (Fsp3) is 0.421. The Morgan fingerprint density at radius 1 is 1.19 bits per heavy atom. The average Bonchev–Trinajstić information content (AvgIpc) is 2.78. The molecule has 140 valence electrons. The van der Waals surface area contributed by atoms with Crippen molar-refractivity contribution in [3.05, 3.63) is 42.0 Å². The maximum atomic E-state index is 13.9. The van der Waals surface area contributed by atoms with Gasteiger partial charge in [0.05, 0.1) is 6.61 Å². The van der Waals surface area contributed by atoms with Gasteiger partial charge in [-0.25, -0.2) is 0 Å². The molecule has 1 fully saturated rings. The van der Waals surface area contributed by atoms with Crippen molar-refractivity contribution in [3.63, 3.8) is 0 Å². The zero-order valence-corrected chi connectivity index (χ0v) is 14.9. The molecule has 1 heterocycles. The van der Waals surface area contributed by atoms with Gasteiger partial charge in [-0.3, -0.25) is 10.2 Å². The SMILES string of the molecule is CCOc1ccc2ccc(C(N3NC(=O)CC3(C)C)C(F)(F)F)cc2c1. The number of amides is 1. The van der Waals surface area contributed by atoms with Crippen molar-refractivity contribution < 1.29 is 22.7 Å². The first-order valence-electron chi connectivity index (χ1n) is 8.44. The van der Waals surface area contributed by atoms with Gasteiger partial charge < -0.3 is 4.74 Å². The van der Waals surface area contributed by atoms with Gasteiger partial charge in [0, 0.05) is 12.0 Å². The van der Waals surface area contributed by atoms with Crippen LogP contribution in [0.1, 0.15) is 38.8 Å². The molecule has 26 heavy (non-hydrogen) atoms. The summed E-state index contributed by atoms with van der Waals surface area (Å²) < 4.78 is 47.2. The number of benzene rings is 2. The molecule has 1 N–H and O–H groups in total. The van der Waals surface area contributed by atoms with E-state index < -0.39 is 23.7 Å². The average molecular weight is 366 g/mol. The number of halogens is 3. The molecule has 3 rings (SSSR count). The summed E-state index contributed by atoms with van der Waals surface area (Å²) in [5.74, 6) is 0.194. The number of carbonyl (C=O) groups is 1. The molecule has 1 amide bonds. The number of hydrazine groups is 1. The zero-order chi connectivity index (χ0) is 19.1. The lowest BCUT2D eigenvalue weighted by Gasteiger charge is -2.38. The molecular formula is C19H21F3N2O2. The fourth-order valence-electron chi connectivity index (χ4n) is 3.37. The molecule has 0 spiro atoms. The van der Waals surface area contributed by atoms with Crippen molar-refractivity contribution in [2.75, 3.05) is 6.61 Å². The molecule has 1 atom stereocenters. The van der Waals surface area contributed by atoms with Crippen molar-refractivity contribution in [3.8, 4) is 5.75 Å². The normalized spacial score (nSPS) is 18.8. The van der Waals surface area contributed by atoms with Crippen LogP contribution in [-0.4, -0.2) is 29.2 Å². The van der Waals surface area contributed by atoms with Gasteiger partial charge in [0.1, 0.15) is 5.75 Å². The number of hydrogen-bond acceptors (Lipinski definition) is 3. The van der Waals surface area contributed by atoms with Gasteiger partial charge in [0.15, 0.2) is 6.04 Å². The van der Waals surface area contributed by atoms with Gasteiger partial charge in [-0.1, -0.05) is 18.2 Å². The lowest BCUT2D eigenvalue weighted by Crippen LogP contribution is -2.51. The standard InChI is InChI=1S/C19H21F3N2O2/c1-4-26-15-8-7-12-5-6-13(9-14(12)10-15)17(19(20,21)22)24-18(2,3)11-16(25)23-24/h5-10,17H,4,11H2,1-3H3,(H,23,25). The zero-order valence-electron chi connectivity index (χ0n) is 14.9. The summed E-state index contributed by atoms with van der Waals surface area (Å²) in [5.41, 5.74) is 1.51. The monoisotopic (exact) mass is 366 g/mol. The molecule has 0 bridgehead atoms. The van der Waals surface area contributed by atoms with Crippen LogP contribution < -0.4 is 10.2 Å². The summed E-state index contributed by atoms with van der Waals surface area (Å²) in [6.07, 6.45) is -4.53. The van der Waals surface area contributed by atoms with E-state index in [1.54, 1.807) is 32.0 Å². The van der Waals surface area contributed by atoms with Crippen LogP contribution >= 0.6 is 0 Å². The number of nitrogens with zero attached hydrogens (tertiary/aromatic N) is 1. The predicted molar refractivity (Wildman–Crippen MR) is 92.6 cm³/mol. The Morgan fingerprint density at radius 2 is 1.88 bits per heavy atom. The van der Waals surface area contributed by atoms with Gasteiger partial charge >= 0.3 is 6.18 Å². The molecule has 0 aromatic heterocycles. The third-order valence-corrected chi connectivity index (χ3v) is 4.52. The van der Waals surface area contributed by atoms with Crippen LogP contribution in [0.25, 0.3) is 10.8 Å². The molecular weight excluding hydrogens is 345 g/mol. The number of carbonyl (C=O) groups excluding carboxylic acids is 1. The van der Waals surface area contributed by atoms with Crippen LogP contribution in [-0.2, 0) is 4.79 Å². The van der Waals surface area contributed by atoms with Crippen LogP contribution in [0, 0.1) is 0 Å². The van der Waals surface area contributed by atoms with Crippen molar-refractivity contribution in [1.82, 2.24) is 10.4 Å². The van der Waals surface area contributed by atoms with E-state index in [2.05, 4.69) is 5.43 Å². The minimum absolute atomic E-state index is 0.0155. The summed E-state index contributed by atoms with van der Waals surface area (Å²) in [6.45, 7) is 5.57. The van der Waals surface area contributed by atoms with Gasteiger partial charge in [-0.15, -0.1) is 0 Å². The van der Waals surface area contributed by atoms with Crippen molar-refractivity contribution in [2.45, 2.75) is 44.9 Å². The van der Waals surface area contributed by atoms with E-state index in [-0.39, 0.29) is 12.0 Å². The molecule has 1 aliphatic rings. The summed E-state index contributed by atoms with van der Waals surface area (Å²) in [4.78, 5) is 11.7. The van der Waals surface area contributed by atoms with Crippen LogP contribution in [0.5, 0.6) is 5.75 Å². The topological polar surface area (TPSA) is 41.6 Å². The first kappa shape index (κ1) is 18.5.